The largest absolute Gasteiger partial charge is 0.504 e. The van der Waals surface area contributed by atoms with Gasteiger partial charge in [0.25, 0.3) is 5.79 Å². The molecule has 0 fully saturated rings. The van der Waals surface area contributed by atoms with Gasteiger partial charge in [0.05, 0.1) is 5.56 Å². The molecule has 3 aromatic carbocycles. The topological polar surface area (TPSA) is 157 Å². The summed E-state index contributed by atoms with van der Waals surface area (Å²) in [5.41, 5.74) is 0.624. The fourth-order valence-corrected chi connectivity index (χ4v) is 3.43. The van der Waals surface area contributed by atoms with Crippen molar-refractivity contribution in [1.29, 1.82) is 0 Å². The minimum atomic E-state index is -1.81. The van der Waals surface area contributed by atoms with Gasteiger partial charge in [-0.3, -0.25) is 0 Å². The van der Waals surface area contributed by atoms with Gasteiger partial charge in [-0.2, -0.15) is 0 Å². The van der Waals surface area contributed by atoms with E-state index < -0.39 is 46.3 Å². The molecule has 31 heavy (non-hydrogen) atoms. The van der Waals surface area contributed by atoms with Crippen molar-refractivity contribution >= 4 is 5.97 Å². The Hall–Kier alpha value is -4.27. The second kappa shape index (κ2) is 7.21. The quantitative estimate of drug-likeness (QED) is 0.274. The van der Waals surface area contributed by atoms with Crippen LogP contribution in [0.5, 0.6) is 40.2 Å². The number of carbonyl (C=O) groups excluding carboxylic acids is 1. The Kier molecular flexibility index (Phi) is 4.65. The van der Waals surface area contributed by atoms with E-state index in [0.29, 0.717) is 12.2 Å². The molecule has 0 amide bonds. The predicted octanol–water partition coefficient (Wildman–Crippen LogP) is 2.96. The van der Waals surface area contributed by atoms with E-state index in [1.165, 1.54) is 0 Å². The minimum absolute atomic E-state index is 0.0513. The molecule has 1 heterocycles. The average Bonchev–Trinajstić information content (AvgIpc) is 2.74. The van der Waals surface area contributed by atoms with Crippen molar-refractivity contribution < 1.29 is 44.9 Å². The molecule has 0 saturated carbocycles. The minimum Gasteiger partial charge on any atom is -0.504 e. The van der Waals surface area contributed by atoms with Gasteiger partial charge in [-0.1, -0.05) is 18.2 Å². The molecule has 1 unspecified atom stereocenters. The van der Waals surface area contributed by atoms with Gasteiger partial charge in [-0.05, 0) is 42.3 Å². The number of aryl methyl sites for hydroxylation is 1. The maximum absolute atomic E-state index is 12.9. The zero-order chi connectivity index (χ0) is 22.3. The van der Waals surface area contributed by atoms with Crippen LogP contribution in [0.1, 0.15) is 27.9 Å². The van der Waals surface area contributed by atoms with Gasteiger partial charge in [0.1, 0.15) is 5.75 Å². The van der Waals surface area contributed by atoms with Crippen LogP contribution >= 0.6 is 0 Å². The highest BCUT2D eigenvalue weighted by Crippen LogP contribution is 2.46. The fraction of sp³-hybridized carbons (Fsp3) is 0.136. The van der Waals surface area contributed by atoms with Crippen molar-refractivity contribution in [2.45, 2.75) is 18.6 Å². The second-order valence-electron chi connectivity index (χ2n) is 7.08. The van der Waals surface area contributed by atoms with Gasteiger partial charge >= 0.3 is 5.97 Å². The lowest BCUT2D eigenvalue weighted by Gasteiger charge is -2.38. The normalized spacial score (nSPS) is 17.4. The van der Waals surface area contributed by atoms with Crippen LogP contribution in [-0.4, -0.2) is 36.6 Å². The summed E-state index contributed by atoms with van der Waals surface area (Å²) in [5, 5.41) is 58.6. The molecule has 0 aromatic heterocycles. The first-order valence-corrected chi connectivity index (χ1v) is 9.21. The van der Waals surface area contributed by atoms with Gasteiger partial charge < -0.3 is 40.1 Å². The molecular weight excluding hydrogens is 408 g/mol. The van der Waals surface area contributed by atoms with Crippen LogP contribution in [0.3, 0.4) is 0 Å². The molecule has 1 aliphatic heterocycles. The summed E-state index contributed by atoms with van der Waals surface area (Å²) in [4.78, 5) is 12.9. The average molecular weight is 426 g/mol. The van der Waals surface area contributed by atoms with Crippen LogP contribution < -0.4 is 4.74 Å². The molecule has 0 saturated heterocycles. The molecule has 9 nitrogen and oxygen atoms in total. The Morgan fingerprint density at radius 3 is 2.00 bits per heavy atom. The lowest BCUT2D eigenvalue weighted by atomic mass is 9.93. The highest BCUT2D eigenvalue weighted by molar-refractivity contribution is 5.91. The van der Waals surface area contributed by atoms with Crippen LogP contribution in [0.15, 0.2) is 48.5 Å². The van der Waals surface area contributed by atoms with E-state index in [-0.39, 0.29) is 17.5 Å². The summed E-state index contributed by atoms with van der Waals surface area (Å²) in [7, 11) is 0. The third-order valence-corrected chi connectivity index (χ3v) is 5.04. The molecule has 1 atom stereocenters. The summed E-state index contributed by atoms with van der Waals surface area (Å²) < 4.78 is 11.6. The SMILES string of the molecule is O=C(OC1(c2cc(O)c(O)c(O)c2)CCc2ccccc2O1)c1cc(O)c(O)c(O)c1. The van der Waals surface area contributed by atoms with Crippen molar-refractivity contribution in [2.24, 2.45) is 0 Å². The zero-order valence-corrected chi connectivity index (χ0v) is 15.9. The number of phenols is 6. The van der Waals surface area contributed by atoms with Crippen molar-refractivity contribution in [2.75, 3.05) is 0 Å². The number of ether oxygens (including phenoxy) is 2. The second-order valence-corrected chi connectivity index (χ2v) is 7.08. The van der Waals surface area contributed by atoms with E-state index in [1.807, 2.05) is 12.1 Å². The van der Waals surface area contributed by atoms with Crippen LogP contribution in [0.2, 0.25) is 0 Å². The van der Waals surface area contributed by atoms with E-state index in [1.54, 1.807) is 12.1 Å². The van der Waals surface area contributed by atoms with E-state index in [4.69, 9.17) is 9.47 Å². The molecule has 6 N–H and O–H groups in total. The van der Waals surface area contributed by atoms with E-state index in [0.717, 1.165) is 29.8 Å². The lowest BCUT2D eigenvalue weighted by molar-refractivity contribution is -0.164. The lowest BCUT2D eigenvalue weighted by Crippen LogP contribution is -2.41. The first kappa shape index (κ1) is 20.0. The van der Waals surface area contributed by atoms with Crippen molar-refractivity contribution in [3.8, 4) is 40.2 Å². The number of rotatable bonds is 3. The molecular formula is C22H18O9. The van der Waals surface area contributed by atoms with Crippen LogP contribution in [0.4, 0.5) is 0 Å². The van der Waals surface area contributed by atoms with Crippen molar-refractivity contribution in [1.82, 2.24) is 0 Å². The first-order valence-electron chi connectivity index (χ1n) is 9.21. The monoisotopic (exact) mass is 426 g/mol. The fourth-order valence-electron chi connectivity index (χ4n) is 3.43. The van der Waals surface area contributed by atoms with E-state index in [9.17, 15) is 35.4 Å². The number of esters is 1. The summed E-state index contributed by atoms with van der Waals surface area (Å²) in [6.07, 6.45) is 0.507. The Morgan fingerprint density at radius 1 is 0.839 bits per heavy atom. The number of aromatic hydroxyl groups is 6. The third-order valence-electron chi connectivity index (χ3n) is 5.04. The van der Waals surface area contributed by atoms with Gasteiger partial charge in [0.15, 0.2) is 34.5 Å². The van der Waals surface area contributed by atoms with Crippen molar-refractivity contribution in [3.63, 3.8) is 0 Å². The maximum Gasteiger partial charge on any atom is 0.341 e. The zero-order valence-electron chi connectivity index (χ0n) is 15.9. The van der Waals surface area contributed by atoms with Crippen LogP contribution in [0, 0.1) is 0 Å². The molecule has 1 aliphatic rings. The molecule has 0 aliphatic carbocycles. The number of hydrogen-bond donors (Lipinski definition) is 6. The molecule has 9 heteroatoms. The molecule has 4 rings (SSSR count). The Balaban J connectivity index is 1.80. The molecule has 0 bridgehead atoms. The van der Waals surface area contributed by atoms with E-state index in [2.05, 4.69) is 0 Å². The number of benzene rings is 3. The summed E-state index contributed by atoms with van der Waals surface area (Å²) in [6, 6.07) is 11.1. The van der Waals surface area contributed by atoms with Crippen LogP contribution in [-0.2, 0) is 16.9 Å². The highest BCUT2D eigenvalue weighted by atomic mass is 16.7. The maximum atomic E-state index is 12.9. The van der Waals surface area contributed by atoms with E-state index >= 15 is 0 Å². The Labute approximate surface area is 175 Å². The van der Waals surface area contributed by atoms with Crippen LogP contribution in [0.25, 0.3) is 0 Å². The highest BCUT2D eigenvalue weighted by Gasteiger charge is 2.43. The molecule has 0 spiro atoms. The Morgan fingerprint density at radius 2 is 1.39 bits per heavy atom. The summed E-state index contributed by atoms with van der Waals surface area (Å²) in [5.74, 6) is -6.69. The third kappa shape index (κ3) is 3.46. The van der Waals surface area contributed by atoms with Crippen molar-refractivity contribution in [3.05, 3.63) is 65.2 Å². The van der Waals surface area contributed by atoms with Gasteiger partial charge in [-0.15, -0.1) is 0 Å². The van der Waals surface area contributed by atoms with Gasteiger partial charge in [0, 0.05) is 12.0 Å². The number of carbonyl (C=O) groups is 1. The smallest absolute Gasteiger partial charge is 0.341 e. The summed E-state index contributed by atoms with van der Waals surface area (Å²) in [6.45, 7) is 0. The number of fused-ring (bicyclic) bond motifs is 1. The molecule has 160 valence electrons. The summed E-state index contributed by atoms with van der Waals surface area (Å²) >= 11 is 0. The number of phenolic OH excluding ortho intramolecular Hbond substituents is 6. The first-order chi connectivity index (χ1) is 14.7. The molecule has 3 aromatic rings. The van der Waals surface area contributed by atoms with Gasteiger partial charge in [-0.25, -0.2) is 4.79 Å². The van der Waals surface area contributed by atoms with Gasteiger partial charge in [0.2, 0.25) is 0 Å². The molecule has 0 radical (unpaired) electrons. The number of para-hydroxylation sites is 1. The standard InChI is InChI=1S/C22H18O9/c23-14-7-12(8-15(24)19(14)27)21(29)31-22(13-9-16(25)20(28)17(26)10-13)6-5-11-3-1-2-4-18(11)30-22/h1-4,7-10,23-28H,5-6H2. The Bertz CT molecular complexity index is 1140. The predicted molar refractivity (Wildman–Crippen MR) is 105 cm³/mol. The number of hydrogen-bond acceptors (Lipinski definition) is 9.